The number of hydrogen-bond donors (Lipinski definition) is 2. The van der Waals surface area contributed by atoms with Crippen molar-refractivity contribution < 1.29 is 22.5 Å². The fourth-order valence-electron chi connectivity index (χ4n) is 3.49. The van der Waals surface area contributed by atoms with E-state index in [-0.39, 0.29) is 18.1 Å². The van der Waals surface area contributed by atoms with Gasteiger partial charge in [0.25, 0.3) is 0 Å². The topological polar surface area (TPSA) is 111 Å². The lowest BCUT2D eigenvalue weighted by molar-refractivity contribution is -0.386. The zero-order valence-corrected chi connectivity index (χ0v) is 13.8. The molecule has 0 amide bonds. The Bertz CT molecular complexity index is 758. The third kappa shape index (κ3) is 3.21. The largest absolute Gasteiger partial charge is 0.488 e. The molecule has 132 valence electrons. The number of piperidine rings is 1. The molecule has 2 aliphatic rings. The van der Waals surface area contributed by atoms with E-state index in [1.165, 1.54) is 0 Å². The van der Waals surface area contributed by atoms with Crippen molar-refractivity contribution in [2.24, 2.45) is 0 Å². The lowest BCUT2D eigenvalue weighted by Crippen LogP contribution is -2.47. The highest BCUT2D eigenvalue weighted by Crippen LogP contribution is 2.33. The lowest BCUT2D eigenvalue weighted by Gasteiger charge is -2.29. The Hall–Kier alpha value is -1.78. The number of fused-ring (bicyclic) bond motifs is 2. The van der Waals surface area contributed by atoms with Crippen molar-refractivity contribution in [1.29, 1.82) is 0 Å². The van der Waals surface area contributed by atoms with Gasteiger partial charge in [0.1, 0.15) is 0 Å². The fraction of sp³-hybridized carbons (Fsp3) is 0.571. The van der Waals surface area contributed by atoms with Gasteiger partial charge in [-0.05, 0) is 31.7 Å². The molecule has 0 saturated carbocycles. The van der Waals surface area contributed by atoms with Gasteiger partial charge in [0.2, 0.25) is 15.8 Å². The Morgan fingerprint density at radius 1 is 1.33 bits per heavy atom. The van der Waals surface area contributed by atoms with Crippen LogP contribution in [0.25, 0.3) is 0 Å². The molecule has 8 nitrogen and oxygen atoms in total. The third-order valence-electron chi connectivity index (χ3n) is 4.50. The summed E-state index contributed by atoms with van der Waals surface area (Å²) >= 11 is 0. The Labute approximate surface area is 138 Å². The van der Waals surface area contributed by atoms with Crippen LogP contribution in [0.1, 0.15) is 25.7 Å². The molecule has 2 aliphatic heterocycles. The van der Waals surface area contributed by atoms with Gasteiger partial charge in [0.15, 0.2) is 5.82 Å². The molecule has 2 fully saturated rings. The van der Waals surface area contributed by atoms with Gasteiger partial charge in [-0.3, -0.25) is 10.1 Å². The second-order valence-corrected chi connectivity index (χ2v) is 7.86. The summed E-state index contributed by atoms with van der Waals surface area (Å²) in [5.74, 6) is -1.67. The number of halogens is 1. The number of sulfonamides is 1. The Kier molecular flexibility index (Phi) is 4.45. The number of methoxy groups -OCH3 is 1. The number of nitro groups is 1. The van der Waals surface area contributed by atoms with Crippen molar-refractivity contribution in [3.8, 4) is 5.75 Å². The number of hydrogen-bond acceptors (Lipinski definition) is 6. The van der Waals surface area contributed by atoms with E-state index in [0.717, 1.165) is 32.1 Å². The van der Waals surface area contributed by atoms with E-state index in [0.29, 0.717) is 12.8 Å². The highest BCUT2D eigenvalue weighted by Gasteiger charge is 2.36. The number of nitrogens with zero attached hydrogens (tertiary/aromatic N) is 1. The molecular weight excluding hydrogens is 341 g/mol. The molecule has 1 aromatic rings. The van der Waals surface area contributed by atoms with Crippen LogP contribution < -0.4 is 14.8 Å². The van der Waals surface area contributed by atoms with Gasteiger partial charge >= 0.3 is 5.69 Å². The number of ether oxygens (including phenoxy) is 1. The Morgan fingerprint density at radius 3 is 2.50 bits per heavy atom. The molecule has 0 spiro atoms. The van der Waals surface area contributed by atoms with Crippen molar-refractivity contribution in [2.45, 2.75) is 48.7 Å². The van der Waals surface area contributed by atoms with Gasteiger partial charge < -0.3 is 10.1 Å². The van der Waals surface area contributed by atoms with E-state index >= 15 is 0 Å². The van der Waals surface area contributed by atoms with E-state index in [1.54, 1.807) is 0 Å². The van der Waals surface area contributed by atoms with Gasteiger partial charge in [0.05, 0.1) is 16.9 Å². The normalized spacial score (nSPS) is 26.3. The monoisotopic (exact) mass is 359 g/mol. The molecule has 0 radical (unpaired) electrons. The summed E-state index contributed by atoms with van der Waals surface area (Å²) in [6.07, 6.45) is 3.31. The van der Waals surface area contributed by atoms with Gasteiger partial charge in [-0.1, -0.05) is 0 Å². The van der Waals surface area contributed by atoms with Crippen LogP contribution in [0.3, 0.4) is 0 Å². The van der Waals surface area contributed by atoms with Crippen LogP contribution in [-0.2, 0) is 10.0 Å². The molecule has 0 aromatic heterocycles. The number of rotatable bonds is 5. The van der Waals surface area contributed by atoms with Crippen molar-refractivity contribution in [1.82, 2.24) is 10.0 Å². The van der Waals surface area contributed by atoms with E-state index in [2.05, 4.69) is 14.8 Å². The lowest BCUT2D eigenvalue weighted by atomic mass is 10.0. The molecule has 1 aromatic carbocycles. The molecule has 2 bridgehead atoms. The highest BCUT2D eigenvalue weighted by atomic mass is 32.2. The summed E-state index contributed by atoms with van der Waals surface area (Å²) in [5.41, 5.74) is -0.719. The standard InChI is InChI=1S/C14H18FN3O5S/c1-23-14-12(15)6-11(7-13(14)18(19)20)24(21,22)17-10-4-8-2-3-9(5-10)16-8/h6-10,16-17H,2-5H2,1H3. The molecule has 2 saturated heterocycles. The minimum atomic E-state index is -4.06. The molecular formula is C14H18FN3O5S. The summed E-state index contributed by atoms with van der Waals surface area (Å²) < 4.78 is 46.2. The Balaban J connectivity index is 1.88. The van der Waals surface area contributed by atoms with Crippen LogP contribution in [0.15, 0.2) is 17.0 Å². The minimum absolute atomic E-state index is 0.266. The van der Waals surface area contributed by atoms with Crippen LogP contribution >= 0.6 is 0 Å². The zero-order chi connectivity index (χ0) is 17.5. The van der Waals surface area contributed by atoms with Crippen molar-refractivity contribution in [2.75, 3.05) is 7.11 Å². The average Bonchev–Trinajstić information content (AvgIpc) is 2.84. The molecule has 0 aliphatic carbocycles. The average molecular weight is 359 g/mol. The number of nitro benzene ring substituents is 1. The predicted octanol–water partition coefficient (Wildman–Crippen LogP) is 1.30. The summed E-state index contributed by atoms with van der Waals surface area (Å²) in [5, 5.41) is 14.4. The maximum absolute atomic E-state index is 14.0. The fourth-order valence-corrected chi connectivity index (χ4v) is 4.78. The van der Waals surface area contributed by atoms with Crippen molar-refractivity contribution in [3.63, 3.8) is 0 Å². The molecule has 24 heavy (non-hydrogen) atoms. The van der Waals surface area contributed by atoms with E-state index in [1.807, 2.05) is 0 Å². The van der Waals surface area contributed by atoms with Gasteiger partial charge in [0, 0.05) is 24.2 Å². The minimum Gasteiger partial charge on any atom is -0.488 e. The quantitative estimate of drug-likeness (QED) is 0.606. The van der Waals surface area contributed by atoms with E-state index in [9.17, 15) is 22.9 Å². The summed E-state index contributed by atoms with van der Waals surface area (Å²) in [6.45, 7) is 0. The molecule has 10 heteroatoms. The molecule has 2 N–H and O–H groups in total. The summed E-state index contributed by atoms with van der Waals surface area (Å²) in [7, 11) is -2.97. The second kappa shape index (κ2) is 6.26. The van der Waals surface area contributed by atoms with E-state index < -0.39 is 37.1 Å². The predicted molar refractivity (Wildman–Crippen MR) is 82.9 cm³/mol. The first-order chi connectivity index (χ1) is 11.3. The first-order valence-electron chi connectivity index (χ1n) is 7.60. The number of nitrogens with one attached hydrogen (secondary N) is 2. The van der Waals surface area contributed by atoms with Crippen LogP contribution in [0.4, 0.5) is 10.1 Å². The highest BCUT2D eigenvalue weighted by molar-refractivity contribution is 7.89. The SMILES string of the molecule is COc1c(F)cc(S(=O)(=O)NC2CC3CCC(C2)N3)cc1[N+](=O)[O-]. The maximum atomic E-state index is 14.0. The molecule has 2 unspecified atom stereocenters. The van der Waals surface area contributed by atoms with Crippen molar-refractivity contribution >= 4 is 15.7 Å². The van der Waals surface area contributed by atoms with Crippen LogP contribution in [-0.4, -0.2) is 38.6 Å². The van der Waals surface area contributed by atoms with Gasteiger partial charge in [-0.15, -0.1) is 0 Å². The first kappa shape index (κ1) is 17.1. The van der Waals surface area contributed by atoms with Crippen molar-refractivity contribution in [3.05, 3.63) is 28.1 Å². The zero-order valence-electron chi connectivity index (χ0n) is 13.0. The molecule has 2 atom stereocenters. The summed E-state index contributed by atoms with van der Waals surface area (Å²) in [4.78, 5) is 9.69. The van der Waals surface area contributed by atoms with Gasteiger partial charge in [-0.2, -0.15) is 0 Å². The summed E-state index contributed by atoms with van der Waals surface area (Å²) in [6, 6.07) is 1.85. The molecule has 2 heterocycles. The van der Waals surface area contributed by atoms with E-state index in [4.69, 9.17) is 0 Å². The first-order valence-corrected chi connectivity index (χ1v) is 9.09. The maximum Gasteiger partial charge on any atom is 0.315 e. The second-order valence-electron chi connectivity index (χ2n) is 6.14. The molecule has 3 rings (SSSR count). The number of benzene rings is 1. The third-order valence-corrected chi connectivity index (χ3v) is 6.00. The van der Waals surface area contributed by atoms with Crippen LogP contribution in [0.2, 0.25) is 0 Å². The van der Waals surface area contributed by atoms with Crippen LogP contribution in [0, 0.1) is 15.9 Å². The smallest absolute Gasteiger partial charge is 0.315 e. The van der Waals surface area contributed by atoms with Gasteiger partial charge in [-0.25, -0.2) is 17.5 Å². The van der Waals surface area contributed by atoms with Crippen LogP contribution in [0.5, 0.6) is 5.75 Å². The Morgan fingerprint density at radius 2 is 1.96 bits per heavy atom.